The average molecular weight is 373 g/mol. The van der Waals surface area contributed by atoms with E-state index in [0.717, 1.165) is 30.5 Å². The van der Waals surface area contributed by atoms with Crippen LogP contribution in [-0.4, -0.2) is 22.7 Å². The van der Waals surface area contributed by atoms with E-state index in [4.69, 9.17) is 26.7 Å². The minimum Gasteiger partial charge on any atom is -0.409 e. The van der Waals surface area contributed by atoms with Gasteiger partial charge < -0.3 is 14.6 Å². The Morgan fingerprint density at radius 3 is 2.69 bits per heavy atom. The number of carbonyl (C=O) groups is 1. The molecule has 0 spiro atoms. The SMILES string of the molecule is CNC(=O)Oc1cc2c(=N)n3c(nc2cc1Cl)C1CC2CC(C1)CC3C2. The molecule has 3 heterocycles. The predicted molar refractivity (Wildman–Crippen MR) is 97.5 cm³/mol. The molecule has 1 aromatic carbocycles. The molecule has 7 heteroatoms. The molecule has 2 aliphatic heterocycles. The van der Waals surface area contributed by atoms with Gasteiger partial charge in [0.15, 0.2) is 5.75 Å². The van der Waals surface area contributed by atoms with Crippen LogP contribution in [0, 0.1) is 17.2 Å². The summed E-state index contributed by atoms with van der Waals surface area (Å²) in [5.74, 6) is 3.28. The van der Waals surface area contributed by atoms with Gasteiger partial charge in [0, 0.05) is 24.4 Å². The summed E-state index contributed by atoms with van der Waals surface area (Å²) >= 11 is 6.30. The van der Waals surface area contributed by atoms with Crippen LogP contribution in [0.25, 0.3) is 10.9 Å². The van der Waals surface area contributed by atoms with E-state index in [0.29, 0.717) is 33.4 Å². The highest BCUT2D eigenvalue weighted by atomic mass is 35.5. The van der Waals surface area contributed by atoms with Gasteiger partial charge in [0.05, 0.1) is 10.5 Å². The summed E-state index contributed by atoms with van der Waals surface area (Å²) < 4.78 is 7.39. The highest BCUT2D eigenvalue weighted by molar-refractivity contribution is 6.32. The van der Waals surface area contributed by atoms with Crippen molar-refractivity contribution in [2.45, 2.75) is 44.1 Å². The quantitative estimate of drug-likeness (QED) is 0.800. The Kier molecular flexibility index (Phi) is 3.54. The third-order valence-corrected chi connectivity index (χ3v) is 6.57. The van der Waals surface area contributed by atoms with E-state index in [1.165, 1.54) is 26.3 Å². The largest absolute Gasteiger partial charge is 0.412 e. The highest BCUT2D eigenvalue weighted by Gasteiger charge is 2.43. The first-order valence-corrected chi connectivity index (χ1v) is 9.61. The fraction of sp³-hybridized carbons (Fsp3) is 0.526. The second-order valence-corrected chi connectivity index (χ2v) is 8.30. The summed E-state index contributed by atoms with van der Waals surface area (Å²) in [5, 5.41) is 12.3. The zero-order valence-corrected chi connectivity index (χ0v) is 15.3. The highest BCUT2D eigenvalue weighted by Crippen LogP contribution is 2.52. The van der Waals surface area contributed by atoms with Crippen molar-refractivity contribution < 1.29 is 9.53 Å². The van der Waals surface area contributed by atoms with Crippen molar-refractivity contribution in [2.24, 2.45) is 11.8 Å². The predicted octanol–water partition coefficient (Wildman–Crippen LogP) is 3.74. The zero-order chi connectivity index (χ0) is 18.0. The number of amides is 1. The first-order valence-electron chi connectivity index (χ1n) is 9.23. The van der Waals surface area contributed by atoms with Gasteiger partial charge in [-0.25, -0.2) is 9.78 Å². The Morgan fingerprint density at radius 1 is 1.27 bits per heavy atom. The first kappa shape index (κ1) is 16.1. The second kappa shape index (κ2) is 5.71. The van der Waals surface area contributed by atoms with Gasteiger partial charge >= 0.3 is 6.09 Å². The monoisotopic (exact) mass is 372 g/mol. The Bertz CT molecular complexity index is 972. The molecule has 1 aromatic heterocycles. The van der Waals surface area contributed by atoms with E-state index in [9.17, 15) is 4.79 Å². The smallest absolute Gasteiger partial charge is 0.409 e. The minimum absolute atomic E-state index is 0.258. The molecule has 4 aliphatic rings. The summed E-state index contributed by atoms with van der Waals surface area (Å²) in [6.07, 6.45) is 5.44. The van der Waals surface area contributed by atoms with Gasteiger partial charge in [-0.15, -0.1) is 0 Å². The molecular formula is C19H21ClN4O2. The molecule has 4 bridgehead atoms. The fourth-order valence-electron chi connectivity index (χ4n) is 5.37. The first-order chi connectivity index (χ1) is 12.5. The number of nitrogens with one attached hydrogen (secondary N) is 2. The van der Waals surface area contributed by atoms with Crippen LogP contribution >= 0.6 is 11.6 Å². The van der Waals surface area contributed by atoms with Crippen molar-refractivity contribution in [1.82, 2.24) is 14.9 Å². The number of halogens is 1. The fourth-order valence-corrected chi connectivity index (χ4v) is 5.57. The average Bonchev–Trinajstić information content (AvgIpc) is 2.77. The molecule has 1 amide bonds. The van der Waals surface area contributed by atoms with Crippen molar-refractivity contribution in [3.8, 4) is 5.75 Å². The summed E-state index contributed by atoms with van der Waals surface area (Å²) in [6.45, 7) is 0. The number of fused-ring (bicyclic) bond motifs is 1. The molecule has 6 nitrogen and oxygen atoms in total. The van der Waals surface area contributed by atoms with E-state index >= 15 is 0 Å². The van der Waals surface area contributed by atoms with E-state index < -0.39 is 6.09 Å². The van der Waals surface area contributed by atoms with Gasteiger partial charge in [-0.2, -0.15) is 0 Å². The normalized spacial score (nSPS) is 28.7. The number of benzene rings is 1. The maximum absolute atomic E-state index is 11.6. The van der Waals surface area contributed by atoms with Gasteiger partial charge in [0.2, 0.25) is 0 Å². The van der Waals surface area contributed by atoms with Gasteiger partial charge in [0.25, 0.3) is 0 Å². The summed E-state index contributed by atoms with van der Waals surface area (Å²) in [7, 11) is 1.50. The van der Waals surface area contributed by atoms with Crippen molar-refractivity contribution in [3.63, 3.8) is 0 Å². The molecule has 0 radical (unpaired) electrons. The molecule has 136 valence electrons. The Balaban J connectivity index is 1.71. The lowest BCUT2D eigenvalue weighted by Gasteiger charge is -2.37. The summed E-state index contributed by atoms with van der Waals surface area (Å²) in [6, 6.07) is 3.75. The molecule has 2 unspecified atom stereocenters. The number of hydrogen-bond acceptors (Lipinski definition) is 4. The number of aromatic nitrogens is 2. The number of carbonyl (C=O) groups excluding carboxylic acids is 1. The second-order valence-electron chi connectivity index (χ2n) is 7.89. The number of hydrogen-bond donors (Lipinski definition) is 2. The van der Waals surface area contributed by atoms with Gasteiger partial charge in [-0.1, -0.05) is 11.6 Å². The number of ether oxygens (including phenoxy) is 1. The van der Waals surface area contributed by atoms with Crippen molar-refractivity contribution in [1.29, 1.82) is 5.41 Å². The Labute approximate surface area is 156 Å². The summed E-state index contributed by atoms with van der Waals surface area (Å²) in [4.78, 5) is 16.5. The van der Waals surface area contributed by atoms with Crippen LogP contribution in [-0.2, 0) is 0 Å². The van der Waals surface area contributed by atoms with Crippen LogP contribution in [0.5, 0.6) is 5.75 Å². The van der Waals surface area contributed by atoms with Gasteiger partial charge in [-0.3, -0.25) is 5.41 Å². The standard InChI is InChI=1S/C19H21ClN4O2/c1-22-19(25)26-16-7-13-15(8-14(16)20)23-18-11-3-9-2-10(4-11)6-12(5-9)24(18)17(13)21/h7-12,21H,2-6H2,1H3,(H,22,25). The molecular weight excluding hydrogens is 352 g/mol. The third kappa shape index (κ3) is 2.35. The zero-order valence-electron chi connectivity index (χ0n) is 14.6. The molecule has 6 rings (SSSR count). The molecule has 2 fully saturated rings. The molecule has 26 heavy (non-hydrogen) atoms. The molecule has 2 atom stereocenters. The number of nitrogens with zero attached hydrogens (tertiary/aromatic N) is 2. The van der Waals surface area contributed by atoms with Crippen LogP contribution in [0.3, 0.4) is 0 Å². The lowest BCUT2D eigenvalue weighted by atomic mass is 9.68. The van der Waals surface area contributed by atoms with E-state index in [1.807, 2.05) is 0 Å². The minimum atomic E-state index is -0.580. The van der Waals surface area contributed by atoms with Crippen molar-refractivity contribution in [2.75, 3.05) is 7.05 Å². The Hall–Kier alpha value is -2.08. The van der Waals surface area contributed by atoms with Gasteiger partial charge in [0.1, 0.15) is 11.3 Å². The van der Waals surface area contributed by atoms with Crippen molar-refractivity contribution >= 4 is 28.6 Å². The lowest BCUT2D eigenvalue weighted by molar-refractivity contribution is 0.150. The molecule has 2 aliphatic carbocycles. The maximum atomic E-state index is 11.6. The van der Waals surface area contributed by atoms with E-state index in [2.05, 4.69) is 9.88 Å². The number of rotatable bonds is 1. The van der Waals surface area contributed by atoms with E-state index in [1.54, 1.807) is 12.1 Å². The maximum Gasteiger partial charge on any atom is 0.412 e. The van der Waals surface area contributed by atoms with Crippen molar-refractivity contribution in [3.05, 3.63) is 28.5 Å². The molecule has 2 saturated carbocycles. The molecule has 2 N–H and O–H groups in total. The molecule has 2 aromatic rings. The van der Waals surface area contributed by atoms with Crippen LogP contribution in [0.2, 0.25) is 5.02 Å². The topological polar surface area (TPSA) is 80.0 Å². The summed E-state index contributed by atoms with van der Waals surface area (Å²) in [5.41, 5.74) is 1.17. The van der Waals surface area contributed by atoms with E-state index in [-0.39, 0.29) is 5.75 Å². The van der Waals surface area contributed by atoms with Gasteiger partial charge in [-0.05, 0) is 56.1 Å². The van der Waals surface area contributed by atoms with Crippen LogP contribution in [0.15, 0.2) is 12.1 Å². The van der Waals surface area contributed by atoms with Crippen LogP contribution in [0.4, 0.5) is 4.79 Å². The molecule has 0 saturated heterocycles. The lowest BCUT2D eigenvalue weighted by Crippen LogP contribution is -2.31. The van der Waals surface area contributed by atoms with Crippen LogP contribution < -0.4 is 15.5 Å². The van der Waals surface area contributed by atoms with Crippen LogP contribution in [0.1, 0.15) is 49.9 Å². The third-order valence-electron chi connectivity index (χ3n) is 6.28. The Morgan fingerprint density at radius 2 is 2.00 bits per heavy atom.